The van der Waals surface area contributed by atoms with Gasteiger partial charge in [0.1, 0.15) is 5.75 Å². The smallest absolute Gasteiger partial charge is 0.387 e. The van der Waals surface area contributed by atoms with Crippen LogP contribution in [0.4, 0.5) is 8.78 Å². The monoisotopic (exact) mass is 398 g/mol. The molecular weight excluding hydrogens is 378 g/mol. The van der Waals surface area contributed by atoms with Gasteiger partial charge in [-0.2, -0.15) is 8.78 Å². The summed E-state index contributed by atoms with van der Waals surface area (Å²) in [4.78, 5) is 12.2. The molecule has 2 aromatic rings. The number of ether oxygens (including phenoxy) is 1. The molecule has 0 atom stereocenters. The molecular formula is C18H20F2N2O4S. The van der Waals surface area contributed by atoms with Crippen LogP contribution in [0, 0.1) is 0 Å². The molecule has 0 saturated heterocycles. The average Bonchev–Trinajstić information content (AvgIpc) is 2.62. The van der Waals surface area contributed by atoms with Crippen molar-refractivity contribution in [3.05, 3.63) is 59.7 Å². The largest absolute Gasteiger partial charge is 0.435 e. The summed E-state index contributed by atoms with van der Waals surface area (Å²) in [5.41, 5.74) is 1.19. The van der Waals surface area contributed by atoms with E-state index in [1.807, 2.05) is 0 Å². The molecule has 1 amide bonds. The van der Waals surface area contributed by atoms with Gasteiger partial charge >= 0.3 is 6.61 Å². The minimum Gasteiger partial charge on any atom is -0.435 e. The van der Waals surface area contributed by atoms with Crippen molar-refractivity contribution in [3.8, 4) is 5.75 Å². The van der Waals surface area contributed by atoms with Crippen LogP contribution in [0.3, 0.4) is 0 Å². The second-order valence-electron chi connectivity index (χ2n) is 5.84. The Morgan fingerprint density at radius 2 is 1.67 bits per heavy atom. The highest BCUT2D eigenvalue weighted by Crippen LogP contribution is 2.16. The molecule has 2 aromatic carbocycles. The Morgan fingerprint density at radius 3 is 2.19 bits per heavy atom. The van der Waals surface area contributed by atoms with Crippen molar-refractivity contribution < 1.29 is 26.7 Å². The first-order chi connectivity index (χ1) is 12.7. The molecule has 9 heteroatoms. The van der Waals surface area contributed by atoms with E-state index in [0.717, 1.165) is 9.87 Å². The van der Waals surface area contributed by atoms with Gasteiger partial charge < -0.3 is 10.1 Å². The summed E-state index contributed by atoms with van der Waals surface area (Å²) >= 11 is 0. The lowest BCUT2D eigenvalue weighted by Crippen LogP contribution is -2.26. The zero-order valence-corrected chi connectivity index (χ0v) is 15.7. The van der Waals surface area contributed by atoms with Gasteiger partial charge in [0, 0.05) is 26.2 Å². The molecule has 1 N–H and O–H groups in total. The van der Waals surface area contributed by atoms with Gasteiger partial charge in [-0.25, -0.2) is 12.7 Å². The van der Waals surface area contributed by atoms with E-state index in [2.05, 4.69) is 10.1 Å². The maximum absolute atomic E-state index is 12.1. The summed E-state index contributed by atoms with van der Waals surface area (Å²) in [5.74, 6) is -0.257. The molecule has 0 fully saturated rings. The molecule has 0 aliphatic rings. The zero-order chi connectivity index (χ0) is 20.0. The first-order valence-corrected chi connectivity index (χ1v) is 9.48. The topological polar surface area (TPSA) is 75.7 Å². The summed E-state index contributed by atoms with van der Waals surface area (Å²) in [6, 6.07) is 11.8. The molecule has 0 aliphatic heterocycles. The summed E-state index contributed by atoms with van der Waals surface area (Å²) in [7, 11) is -0.674. The SMILES string of the molecule is CN(C)S(=O)(=O)c1ccc(C(=O)NCCc2ccc(OC(F)F)cc2)cc1. The van der Waals surface area contributed by atoms with Gasteiger partial charge in [-0.15, -0.1) is 0 Å². The quantitative estimate of drug-likeness (QED) is 0.741. The van der Waals surface area contributed by atoms with Gasteiger partial charge in [0.15, 0.2) is 0 Å². The Morgan fingerprint density at radius 1 is 1.07 bits per heavy atom. The fourth-order valence-corrected chi connectivity index (χ4v) is 3.15. The minimum atomic E-state index is -3.54. The average molecular weight is 398 g/mol. The molecule has 0 aromatic heterocycles. The first-order valence-electron chi connectivity index (χ1n) is 8.04. The Labute approximate surface area is 156 Å². The molecule has 0 bridgehead atoms. The van der Waals surface area contributed by atoms with Crippen LogP contribution in [-0.2, 0) is 16.4 Å². The molecule has 2 rings (SSSR count). The molecule has 0 unspecified atom stereocenters. The standard InChI is InChI=1S/C18H20F2N2O4S/c1-22(2)27(24,25)16-9-5-14(6-10-16)17(23)21-12-11-13-3-7-15(8-4-13)26-18(19)20/h3-10,18H,11-12H2,1-2H3,(H,21,23). The fraction of sp³-hybridized carbons (Fsp3) is 0.278. The van der Waals surface area contributed by atoms with Crippen molar-refractivity contribution in [1.82, 2.24) is 9.62 Å². The van der Waals surface area contributed by atoms with E-state index in [9.17, 15) is 22.0 Å². The van der Waals surface area contributed by atoms with Crippen LogP contribution in [0.15, 0.2) is 53.4 Å². The van der Waals surface area contributed by atoms with Crippen LogP contribution >= 0.6 is 0 Å². The number of amides is 1. The predicted molar refractivity (Wildman–Crippen MR) is 96.4 cm³/mol. The van der Waals surface area contributed by atoms with Crippen LogP contribution in [-0.4, -0.2) is 45.9 Å². The van der Waals surface area contributed by atoms with Crippen LogP contribution in [0.25, 0.3) is 0 Å². The molecule has 0 aliphatic carbocycles. The Balaban J connectivity index is 1.89. The predicted octanol–water partition coefficient (Wildman–Crippen LogP) is 2.51. The number of carbonyl (C=O) groups excluding carboxylic acids is 1. The van der Waals surface area contributed by atoms with E-state index < -0.39 is 16.6 Å². The number of alkyl halides is 2. The van der Waals surface area contributed by atoms with Gasteiger partial charge in [-0.1, -0.05) is 12.1 Å². The lowest BCUT2D eigenvalue weighted by Gasteiger charge is -2.11. The fourth-order valence-electron chi connectivity index (χ4n) is 2.25. The Kier molecular flexibility index (Phi) is 6.86. The van der Waals surface area contributed by atoms with Crippen LogP contribution in [0.1, 0.15) is 15.9 Å². The molecule has 0 heterocycles. The first kappa shape index (κ1) is 20.8. The summed E-state index contributed by atoms with van der Waals surface area (Å²) in [6.07, 6.45) is 0.508. The molecule has 146 valence electrons. The number of carbonyl (C=O) groups is 1. The van der Waals surface area contributed by atoms with Crippen molar-refractivity contribution in [1.29, 1.82) is 0 Å². The maximum Gasteiger partial charge on any atom is 0.387 e. The van der Waals surface area contributed by atoms with Crippen molar-refractivity contribution in [3.63, 3.8) is 0 Å². The zero-order valence-electron chi connectivity index (χ0n) is 14.9. The molecule has 6 nitrogen and oxygen atoms in total. The van der Waals surface area contributed by atoms with Crippen LogP contribution in [0.5, 0.6) is 5.75 Å². The third-order valence-electron chi connectivity index (χ3n) is 3.74. The molecule has 0 spiro atoms. The van der Waals surface area contributed by atoms with E-state index in [0.29, 0.717) is 18.5 Å². The molecule has 27 heavy (non-hydrogen) atoms. The van der Waals surface area contributed by atoms with Crippen molar-refractivity contribution in [2.75, 3.05) is 20.6 Å². The van der Waals surface area contributed by atoms with Gasteiger partial charge in [0.25, 0.3) is 5.91 Å². The number of nitrogens with zero attached hydrogens (tertiary/aromatic N) is 1. The number of halogens is 2. The van der Waals surface area contributed by atoms with Crippen molar-refractivity contribution in [2.24, 2.45) is 0 Å². The lowest BCUT2D eigenvalue weighted by molar-refractivity contribution is -0.0498. The number of hydrogen-bond donors (Lipinski definition) is 1. The van der Waals surface area contributed by atoms with Gasteiger partial charge in [0.05, 0.1) is 4.90 Å². The Hall–Kier alpha value is -2.52. The maximum atomic E-state index is 12.1. The third kappa shape index (κ3) is 5.73. The number of hydrogen-bond acceptors (Lipinski definition) is 4. The van der Waals surface area contributed by atoms with E-state index in [-0.39, 0.29) is 16.6 Å². The van der Waals surface area contributed by atoms with Crippen molar-refractivity contribution >= 4 is 15.9 Å². The van der Waals surface area contributed by atoms with Crippen LogP contribution in [0.2, 0.25) is 0 Å². The summed E-state index contributed by atoms with van der Waals surface area (Å²) < 4.78 is 53.6. The van der Waals surface area contributed by atoms with E-state index in [1.54, 1.807) is 12.1 Å². The van der Waals surface area contributed by atoms with Gasteiger partial charge in [-0.3, -0.25) is 4.79 Å². The second kappa shape index (κ2) is 8.92. The second-order valence-corrected chi connectivity index (χ2v) is 7.99. The highest BCUT2D eigenvalue weighted by molar-refractivity contribution is 7.89. The normalized spacial score (nSPS) is 11.6. The van der Waals surface area contributed by atoms with Crippen LogP contribution < -0.4 is 10.1 Å². The van der Waals surface area contributed by atoms with E-state index >= 15 is 0 Å². The number of sulfonamides is 1. The minimum absolute atomic E-state index is 0.0746. The lowest BCUT2D eigenvalue weighted by atomic mass is 10.1. The number of benzene rings is 2. The van der Waals surface area contributed by atoms with Gasteiger partial charge in [0.2, 0.25) is 10.0 Å². The van der Waals surface area contributed by atoms with Crippen molar-refractivity contribution in [2.45, 2.75) is 17.9 Å². The molecule has 0 radical (unpaired) electrons. The van der Waals surface area contributed by atoms with E-state index in [4.69, 9.17) is 0 Å². The van der Waals surface area contributed by atoms with E-state index in [1.165, 1.54) is 50.5 Å². The summed E-state index contributed by atoms with van der Waals surface area (Å²) in [5, 5.41) is 2.73. The third-order valence-corrected chi connectivity index (χ3v) is 5.57. The molecule has 0 saturated carbocycles. The highest BCUT2D eigenvalue weighted by Gasteiger charge is 2.17. The number of nitrogens with one attached hydrogen (secondary N) is 1. The summed E-state index contributed by atoms with van der Waals surface area (Å²) in [6.45, 7) is -2.53. The number of rotatable bonds is 8. The Bertz CT molecular complexity index is 867. The van der Waals surface area contributed by atoms with Gasteiger partial charge in [-0.05, 0) is 48.4 Å². The highest BCUT2D eigenvalue weighted by atomic mass is 32.2.